The summed E-state index contributed by atoms with van der Waals surface area (Å²) in [6, 6.07) is 11.9. The van der Waals surface area contributed by atoms with E-state index in [0.29, 0.717) is 5.70 Å². The topological polar surface area (TPSA) is 32.7 Å². The van der Waals surface area contributed by atoms with Gasteiger partial charge in [0.2, 0.25) is 0 Å². The number of carbonyl (C=O) groups excluding carboxylic acids is 1. The van der Waals surface area contributed by atoms with Crippen molar-refractivity contribution >= 4 is 35.3 Å². The van der Waals surface area contributed by atoms with Gasteiger partial charge in [-0.1, -0.05) is 24.3 Å². The highest BCUT2D eigenvalue weighted by Gasteiger charge is 2.24. The Hall–Kier alpha value is -2.20. The van der Waals surface area contributed by atoms with E-state index < -0.39 is 0 Å². The van der Waals surface area contributed by atoms with Crippen LogP contribution in [0.5, 0.6) is 0 Å². The monoisotopic (exact) mass is 268 g/mol. The Kier molecular flexibility index (Phi) is 3.01. The van der Waals surface area contributed by atoms with Crippen LogP contribution < -0.4 is 4.90 Å². The molecule has 1 aliphatic rings. The van der Waals surface area contributed by atoms with E-state index >= 15 is 0 Å². The van der Waals surface area contributed by atoms with Crippen LogP contribution in [-0.2, 0) is 4.79 Å². The van der Waals surface area contributed by atoms with Gasteiger partial charge in [-0.05, 0) is 36.1 Å². The Labute approximate surface area is 115 Å². The molecule has 0 atom stereocenters. The first kappa shape index (κ1) is 11.9. The molecule has 0 saturated heterocycles. The summed E-state index contributed by atoms with van der Waals surface area (Å²) >= 11 is 1.60. The number of carbonyl (C=O) groups is 1. The molecular formula is C15H12N2OS. The average molecular weight is 268 g/mol. The zero-order valence-corrected chi connectivity index (χ0v) is 11.2. The predicted molar refractivity (Wildman–Crippen MR) is 79.5 cm³/mol. The minimum absolute atomic E-state index is 0.198. The minimum Gasteiger partial charge on any atom is -0.295 e. The molecular weight excluding hydrogens is 256 g/mol. The molecule has 0 saturated carbocycles. The lowest BCUT2D eigenvalue weighted by atomic mass is 10.1. The van der Waals surface area contributed by atoms with E-state index in [1.165, 1.54) is 0 Å². The number of hydrogen-bond donors (Lipinski definition) is 0. The van der Waals surface area contributed by atoms with Crippen molar-refractivity contribution in [3.05, 3.63) is 57.9 Å². The molecule has 1 aliphatic heterocycles. The van der Waals surface area contributed by atoms with Gasteiger partial charge in [-0.25, -0.2) is 0 Å². The van der Waals surface area contributed by atoms with Gasteiger partial charge in [0.1, 0.15) is 12.0 Å². The lowest BCUT2D eigenvalue weighted by Crippen LogP contribution is -2.18. The van der Waals surface area contributed by atoms with Gasteiger partial charge in [0.15, 0.2) is 0 Å². The first-order chi connectivity index (χ1) is 9.25. The van der Waals surface area contributed by atoms with Gasteiger partial charge in [-0.15, -0.1) is 11.3 Å². The zero-order chi connectivity index (χ0) is 13.2. The standard InChI is InChI=1S/C15H12N2OS/c1-11-5-2-3-7-13(11)17-10-16-15(18)14(17)9-12-6-4-8-19-12/h2-10H,1H3/b14-9+. The molecule has 3 rings (SSSR count). The highest BCUT2D eigenvalue weighted by Crippen LogP contribution is 2.27. The van der Waals surface area contributed by atoms with Crippen molar-refractivity contribution < 1.29 is 4.79 Å². The summed E-state index contributed by atoms with van der Waals surface area (Å²) in [7, 11) is 0. The van der Waals surface area contributed by atoms with Crippen LogP contribution in [0.3, 0.4) is 0 Å². The van der Waals surface area contributed by atoms with Crippen molar-refractivity contribution in [1.29, 1.82) is 0 Å². The van der Waals surface area contributed by atoms with Gasteiger partial charge < -0.3 is 0 Å². The van der Waals surface area contributed by atoms with Crippen LogP contribution in [0.2, 0.25) is 0 Å². The van der Waals surface area contributed by atoms with Crippen molar-refractivity contribution in [3.8, 4) is 0 Å². The number of aryl methyl sites for hydroxylation is 1. The third kappa shape index (κ3) is 2.22. The van der Waals surface area contributed by atoms with E-state index in [0.717, 1.165) is 16.1 Å². The van der Waals surface area contributed by atoms with Crippen LogP contribution in [0, 0.1) is 6.92 Å². The second-order valence-electron chi connectivity index (χ2n) is 4.25. The van der Waals surface area contributed by atoms with Crippen LogP contribution in [-0.4, -0.2) is 12.2 Å². The molecule has 94 valence electrons. The molecule has 0 fully saturated rings. The van der Waals surface area contributed by atoms with Gasteiger partial charge in [-0.3, -0.25) is 9.69 Å². The predicted octanol–water partition coefficient (Wildman–Crippen LogP) is 3.47. The summed E-state index contributed by atoms with van der Waals surface area (Å²) in [5, 5.41) is 1.99. The Bertz CT molecular complexity index is 671. The fourth-order valence-electron chi connectivity index (χ4n) is 2.01. The normalized spacial score (nSPS) is 16.6. The fourth-order valence-corrected chi connectivity index (χ4v) is 2.66. The number of thiophene rings is 1. The summed E-state index contributed by atoms with van der Waals surface area (Å²) in [5.41, 5.74) is 2.69. The van der Waals surface area contributed by atoms with Gasteiger partial charge >= 0.3 is 0 Å². The molecule has 0 aliphatic carbocycles. The van der Waals surface area contributed by atoms with Gasteiger partial charge in [0, 0.05) is 4.88 Å². The molecule has 1 aromatic carbocycles. The fraction of sp³-hybridized carbons (Fsp3) is 0.0667. The Morgan fingerprint density at radius 3 is 2.79 bits per heavy atom. The molecule has 2 heterocycles. The number of anilines is 1. The summed E-state index contributed by atoms with van der Waals surface area (Å²) in [6.07, 6.45) is 3.47. The molecule has 0 radical (unpaired) electrons. The number of nitrogens with zero attached hydrogens (tertiary/aromatic N) is 2. The van der Waals surface area contributed by atoms with E-state index in [2.05, 4.69) is 4.99 Å². The maximum absolute atomic E-state index is 11.9. The zero-order valence-electron chi connectivity index (χ0n) is 10.4. The average Bonchev–Trinajstić information content (AvgIpc) is 3.03. The Morgan fingerprint density at radius 1 is 1.21 bits per heavy atom. The first-order valence-corrected chi connectivity index (χ1v) is 6.82. The highest BCUT2D eigenvalue weighted by molar-refractivity contribution is 7.10. The van der Waals surface area contributed by atoms with Gasteiger partial charge in [0.05, 0.1) is 5.69 Å². The summed E-state index contributed by atoms with van der Waals surface area (Å²) in [5.74, 6) is -0.198. The molecule has 0 bridgehead atoms. The molecule has 19 heavy (non-hydrogen) atoms. The second-order valence-corrected chi connectivity index (χ2v) is 5.23. The van der Waals surface area contributed by atoms with Crippen LogP contribution in [0.1, 0.15) is 10.4 Å². The molecule has 0 N–H and O–H groups in total. The SMILES string of the molecule is Cc1ccccc1N1C=NC(=O)/C1=C\c1cccs1. The largest absolute Gasteiger partial charge is 0.295 e. The summed E-state index contributed by atoms with van der Waals surface area (Å²) in [6.45, 7) is 2.02. The van der Waals surface area contributed by atoms with Crippen molar-refractivity contribution in [2.45, 2.75) is 6.92 Å². The number of aliphatic imine (C=N–C) groups is 1. The van der Waals surface area contributed by atoms with E-state index in [1.54, 1.807) is 17.7 Å². The van der Waals surface area contributed by atoms with E-state index in [-0.39, 0.29) is 5.91 Å². The maximum atomic E-state index is 11.9. The van der Waals surface area contributed by atoms with Crippen LogP contribution in [0.15, 0.2) is 52.5 Å². The van der Waals surface area contributed by atoms with Crippen molar-refractivity contribution in [2.24, 2.45) is 4.99 Å². The molecule has 2 aromatic rings. The van der Waals surface area contributed by atoms with E-state index in [1.807, 2.05) is 59.7 Å². The molecule has 0 spiro atoms. The van der Waals surface area contributed by atoms with E-state index in [4.69, 9.17) is 0 Å². The number of para-hydroxylation sites is 1. The van der Waals surface area contributed by atoms with Crippen LogP contribution in [0.25, 0.3) is 6.08 Å². The quantitative estimate of drug-likeness (QED) is 0.781. The Balaban J connectivity index is 2.04. The highest BCUT2D eigenvalue weighted by atomic mass is 32.1. The third-order valence-corrected chi connectivity index (χ3v) is 3.79. The summed E-state index contributed by atoms with van der Waals surface area (Å²) in [4.78, 5) is 18.7. The minimum atomic E-state index is -0.198. The molecule has 1 aromatic heterocycles. The molecule has 3 nitrogen and oxygen atoms in total. The summed E-state index contributed by atoms with van der Waals surface area (Å²) < 4.78 is 0. The molecule has 4 heteroatoms. The number of hydrogen-bond acceptors (Lipinski definition) is 3. The first-order valence-electron chi connectivity index (χ1n) is 5.94. The number of benzene rings is 1. The molecule has 1 amide bonds. The number of amides is 1. The number of rotatable bonds is 2. The van der Waals surface area contributed by atoms with Crippen molar-refractivity contribution in [2.75, 3.05) is 4.90 Å². The lowest BCUT2D eigenvalue weighted by molar-refractivity contribution is -0.113. The smallest absolute Gasteiger partial charge is 0.295 e. The van der Waals surface area contributed by atoms with Crippen molar-refractivity contribution in [3.63, 3.8) is 0 Å². The Morgan fingerprint density at radius 2 is 2.05 bits per heavy atom. The van der Waals surface area contributed by atoms with Gasteiger partial charge in [0.25, 0.3) is 5.91 Å². The maximum Gasteiger partial charge on any atom is 0.295 e. The van der Waals surface area contributed by atoms with Crippen molar-refractivity contribution in [1.82, 2.24) is 0 Å². The van der Waals surface area contributed by atoms with Crippen LogP contribution >= 0.6 is 11.3 Å². The second kappa shape index (κ2) is 4.82. The van der Waals surface area contributed by atoms with E-state index in [9.17, 15) is 4.79 Å². The third-order valence-electron chi connectivity index (χ3n) is 2.97. The van der Waals surface area contributed by atoms with Crippen LogP contribution in [0.4, 0.5) is 5.69 Å². The lowest BCUT2D eigenvalue weighted by Gasteiger charge is -2.17. The van der Waals surface area contributed by atoms with Gasteiger partial charge in [-0.2, -0.15) is 4.99 Å². The molecule has 0 unspecified atom stereocenters.